The minimum atomic E-state index is 0.00243. The molecule has 0 heterocycles. The summed E-state index contributed by atoms with van der Waals surface area (Å²) >= 11 is 0. The highest BCUT2D eigenvalue weighted by molar-refractivity contribution is 5.91. The Morgan fingerprint density at radius 1 is 1.44 bits per heavy atom. The van der Waals surface area contributed by atoms with Gasteiger partial charge in [0, 0.05) is 24.2 Å². The molecule has 3 N–H and O–H groups in total. The summed E-state index contributed by atoms with van der Waals surface area (Å²) in [4.78, 5) is 11.5. The molecule has 1 aromatic carbocycles. The number of unbranched alkanes of at least 4 members (excludes halogenated alkanes) is 2. The van der Waals surface area contributed by atoms with E-state index < -0.39 is 0 Å². The summed E-state index contributed by atoms with van der Waals surface area (Å²) in [6.07, 6.45) is 8.05. The molecule has 0 aliphatic carbocycles. The van der Waals surface area contributed by atoms with E-state index in [9.17, 15) is 4.79 Å². The van der Waals surface area contributed by atoms with Gasteiger partial charge in [0.25, 0.3) is 0 Å². The highest BCUT2D eigenvalue weighted by Gasteiger charge is 2.01. The van der Waals surface area contributed by atoms with Gasteiger partial charge in [-0.3, -0.25) is 4.79 Å². The number of benzene rings is 1. The van der Waals surface area contributed by atoms with Gasteiger partial charge in [-0.25, -0.2) is 0 Å². The fourth-order valence-electron chi connectivity index (χ4n) is 1.35. The fraction of sp³-hybridized carbons (Fsp3) is 0.308. The maximum absolute atomic E-state index is 11.5. The van der Waals surface area contributed by atoms with Crippen molar-refractivity contribution in [2.45, 2.75) is 25.7 Å². The van der Waals surface area contributed by atoms with E-state index in [1.54, 1.807) is 12.1 Å². The van der Waals surface area contributed by atoms with Gasteiger partial charge in [-0.05, 0) is 31.0 Å². The highest BCUT2D eigenvalue weighted by atomic mass is 16.1. The highest BCUT2D eigenvalue weighted by Crippen LogP contribution is 2.12. The van der Waals surface area contributed by atoms with Crippen LogP contribution in [0, 0.1) is 12.3 Å². The van der Waals surface area contributed by atoms with Crippen molar-refractivity contribution in [3.05, 3.63) is 24.3 Å². The van der Waals surface area contributed by atoms with Crippen LogP contribution in [-0.2, 0) is 4.79 Å². The van der Waals surface area contributed by atoms with Crippen LogP contribution >= 0.6 is 0 Å². The predicted octanol–water partition coefficient (Wildman–Crippen LogP) is 2.40. The Morgan fingerprint density at radius 2 is 2.25 bits per heavy atom. The molecule has 0 bridgehead atoms. The van der Waals surface area contributed by atoms with Gasteiger partial charge in [0.05, 0.1) is 0 Å². The number of hydrogen-bond acceptors (Lipinski definition) is 2. The summed E-state index contributed by atoms with van der Waals surface area (Å²) in [5.41, 5.74) is 6.98. The van der Waals surface area contributed by atoms with Crippen molar-refractivity contribution in [2.75, 3.05) is 11.1 Å². The Bertz CT molecular complexity index is 393. The zero-order valence-electron chi connectivity index (χ0n) is 9.20. The topological polar surface area (TPSA) is 55.1 Å². The number of carbonyl (C=O) groups excluding carboxylic acids is 1. The summed E-state index contributed by atoms with van der Waals surface area (Å²) in [5, 5.41) is 2.79. The van der Waals surface area contributed by atoms with Crippen molar-refractivity contribution in [1.29, 1.82) is 0 Å². The van der Waals surface area contributed by atoms with Crippen LogP contribution < -0.4 is 11.1 Å². The first-order valence-electron chi connectivity index (χ1n) is 5.31. The molecule has 0 unspecified atom stereocenters. The van der Waals surface area contributed by atoms with E-state index in [0.29, 0.717) is 12.1 Å². The molecule has 3 heteroatoms. The molecule has 0 aromatic heterocycles. The number of anilines is 2. The molecule has 0 saturated heterocycles. The summed E-state index contributed by atoms with van der Waals surface area (Å²) < 4.78 is 0. The van der Waals surface area contributed by atoms with E-state index >= 15 is 0 Å². The zero-order chi connectivity index (χ0) is 11.8. The number of nitrogen functional groups attached to an aromatic ring is 1. The molecule has 3 nitrogen and oxygen atoms in total. The minimum absolute atomic E-state index is 0.00243. The van der Waals surface area contributed by atoms with Crippen molar-refractivity contribution in [1.82, 2.24) is 0 Å². The number of rotatable bonds is 5. The SMILES string of the molecule is C#CCCCCC(=O)Nc1cccc(N)c1. The lowest BCUT2D eigenvalue weighted by atomic mass is 10.2. The van der Waals surface area contributed by atoms with Crippen molar-refractivity contribution in [3.63, 3.8) is 0 Å². The molecule has 1 amide bonds. The Labute approximate surface area is 96.0 Å². The molecule has 0 spiro atoms. The van der Waals surface area contributed by atoms with Crippen molar-refractivity contribution in [3.8, 4) is 12.3 Å². The molecule has 1 aromatic rings. The summed E-state index contributed by atoms with van der Waals surface area (Å²) in [5.74, 6) is 2.55. The van der Waals surface area contributed by atoms with Crippen LogP contribution in [0.1, 0.15) is 25.7 Å². The van der Waals surface area contributed by atoms with Crippen LogP contribution in [-0.4, -0.2) is 5.91 Å². The zero-order valence-corrected chi connectivity index (χ0v) is 9.20. The van der Waals surface area contributed by atoms with E-state index in [4.69, 9.17) is 12.2 Å². The molecule has 0 atom stereocenters. The van der Waals surface area contributed by atoms with Gasteiger partial charge in [0.2, 0.25) is 5.91 Å². The van der Waals surface area contributed by atoms with E-state index in [2.05, 4.69) is 11.2 Å². The van der Waals surface area contributed by atoms with Crippen molar-refractivity contribution in [2.24, 2.45) is 0 Å². The molecule has 16 heavy (non-hydrogen) atoms. The largest absolute Gasteiger partial charge is 0.399 e. The molecule has 0 aliphatic rings. The fourth-order valence-corrected chi connectivity index (χ4v) is 1.35. The van der Waals surface area contributed by atoms with Crippen LogP contribution in [0.15, 0.2) is 24.3 Å². The van der Waals surface area contributed by atoms with Crippen LogP contribution in [0.3, 0.4) is 0 Å². The summed E-state index contributed by atoms with van der Waals surface area (Å²) in [6, 6.07) is 7.14. The number of hydrogen-bond donors (Lipinski definition) is 2. The quantitative estimate of drug-likeness (QED) is 0.451. The lowest BCUT2D eigenvalue weighted by Gasteiger charge is -2.05. The van der Waals surface area contributed by atoms with Gasteiger partial charge < -0.3 is 11.1 Å². The lowest BCUT2D eigenvalue weighted by Crippen LogP contribution is -2.11. The first kappa shape index (κ1) is 12.1. The number of terminal acetylenes is 1. The smallest absolute Gasteiger partial charge is 0.224 e. The monoisotopic (exact) mass is 216 g/mol. The van der Waals surface area contributed by atoms with E-state index in [1.807, 2.05) is 12.1 Å². The minimum Gasteiger partial charge on any atom is -0.399 e. The second-order valence-corrected chi connectivity index (χ2v) is 3.58. The van der Waals surface area contributed by atoms with Crippen LogP contribution in [0.5, 0.6) is 0 Å². The Morgan fingerprint density at radius 3 is 2.94 bits per heavy atom. The average molecular weight is 216 g/mol. The second kappa shape index (κ2) is 6.52. The third-order valence-electron chi connectivity index (χ3n) is 2.15. The number of carbonyl (C=O) groups is 1. The maximum Gasteiger partial charge on any atom is 0.224 e. The van der Waals surface area contributed by atoms with Crippen LogP contribution in [0.2, 0.25) is 0 Å². The van der Waals surface area contributed by atoms with Crippen LogP contribution in [0.4, 0.5) is 11.4 Å². The first-order valence-corrected chi connectivity index (χ1v) is 5.31. The molecular formula is C13H16N2O. The number of nitrogens with one attached hydrogen (secondary N) is 1. The summed E-state index contributed by atoms with van der Waals surface area (Å²) in [6.45, 7) is 0. The van der Waals surface area contributed by atoms with Gasteiger partial charge in [-0.15, -0.1) is 12.3 Å². The lowest BCUT2D eigenvalue weighted by molar-refractivity contribution is -0.116. The molecule has 0 saturated carbocycles. The molecule has 1 rings (SSSR count). The van der Waals surface area contributed by atoms with Gasteiger partial charge in [0.1, 0.15) is 0 Å². The molecule has 0 fully saturated rings. The third kappa shape index (κ3) is 4.52. The van der Waals surface area contributed by atoms with E-state index in [-0.39, 0.29) is 5.91 Å². The predicted molar refractivity (Wildman–Crippen MR) is 66.8 cm³/mol. The number of nitrogens with two attached hydrogens (primary N) is 1. The van der Waals surface area contributed by atoms with Gasteiger partial charge >= 0.3 is 0 Å². The van der Waals surface area contributed by atoms with Crippen molar-refractivity contribution >= 4 is 17.3 Å². The Hall–Kier alpha value is -1.95. The van der Waals surface area contributed by atoms with E-state index in [1.165, 1.54) is 0 Å². The normalized spacial score (nSPS) is 9.44. The van der Waals surface area contributed by atoms with Gasteiger partial charge in [0.15, 0.2) is 0 Å². The molecule has 84 valence electrons. The van der Waals surface area contributed by atoms with Crippen molar-refractivity contribution < 1.29 is 4.79 Å². The average Bonchev–Trinajstić information content (AvgIpc) is 2.24. The summed E-state index contributed by atoms with van der Waals surface area (Å²) in [7, 11) is 0. The first-order chi connectivity index (χ1) is 7.72. The Balaban J connectivity index is 2.32. The molecule has 0 radical (unpaired) electrons. The second-order valence-electron chi connectivity index (χ2n) is 3.58. The number of amides is 1. The standard InChI is InChI=1S/C13H16N2O/c1-2-3-4-5-9-13(16)15-12-8-6-7-11(14)10-12/h1,6-8,10H,3-5,9,14H2,(H,15,16). The van der Waals surface area contributed by atoms with Gasteiger partial charge in [-0.2, -0.15) is 0 Å². The van der Waals surface area contributed by atoms with E-state index in [0.717, 1.165) is 24.9 Å². The van der Waals surface area contributed by atoms with Gasteiger partial charge in [-0.1, -0.05) is 6.07 Å². The Kier molecular flexibility index (Phi) is 4.94. The molecular weight excluding hydrogens is 200 g/mol. The van der Waals surface area contributed by atoms with Crippen LogP contribution in [0.25, 0.3) is 0 Å². The molecule has 0 aliphatic heterocycles. The maximum atomic E-state index is 11.5. The third-order valence-corrected chi connectivity index (χ3v) is 2.15.